The molecular weight excluding hydrogens is 469 g/mol. The Hall–Kier alpha value is -2.75. The topological polar surface area (TPSA) is 92.5 Å². The number of carbonyl (C=O) groups excluding carboxylic acids is 1. The summed E-state index contributed by atoms with van der Waals surface area (Å²) in [6.07, 6.45) is 0. The maximum absolute atomic E-state index is 14.4. The molecule has 1 atom stereocenters. The van der Waals surface area contributed by atoms with Gasteiger partial charge in [0.25, 0.3) is 5.91 Å². The van der Waals surface area contributed by atoms with Gasteiger partial charge in [-0.2, -0.15) is 4.31 Å². The first-order valence-corrected chi connectivity index (χ1v) is 12.2. The van der Waals surface area contributed by atoms with E-state index in [0.29, 0.717) is 18.7 Å². The average molecular weight is 494 g/mol. The minimum absolute atomic E-state index is 0.0141. The second-order valence-corrected chi connectivity index (χ2v) is 9.76. The quantitative estimate of drug-likeness (QED) is 0.478. The molecule has 3 aromatic rings. The molecule has 0 radical (unpaired) electrons. The van der Waals surface area contributed by atoms with Crippen LogP contribution in [0.1, 0.15) is 48.5 Å². The van der Waals surface area contributed by atoms with Crippen molar-refractivity contribution < 1.29 is 22.1 Å². The van der Waals surface area contributed by atoms with E-state index in [-0.39, 0.29) is 32.5 Å². The van der Waals surface area contributed by atoms with Gasteiger partial charge < -0.3 is 9.84 Å². The van der Waals surface area contributed by atoms with Crippen LogP contribution in [0, 0.1) is 12.7 Å². The maximum Gasteiger partial charge on any atom is 0.257 e. The van der Waals surface area contributed by atoms with Gasteiger partial charge in [0, 0.05) is 13.1 Å². The molecule has 176 valence electrons. The van der Waals surface area contributed by atoms with Crippen molar-refractivity contribution in [3.8, 4) is 11.3 Å². The Balaban J connectivity index is 1.85. The fourth-order valence-electron chi connectivity index (χ4n) is 3.53. The number of aryl methyl sites for hydroxylation is 1. The summed E-state index contributed by atoms with van der Waals surface area (Å²) in [5.74, 6) is -0.923. The van der Waals surface area contributed by atoms with Gasteiger partial charge in [0.05, 0.1) is 21.5 Å². The molecule has 1 amide bonds. The summed E-state index contributed by atoms with van der Waals surface area (Å²) in [6.45, 7) is 7.62. The highest BCUT2D eigenvalue weighted by atomic mass is 35.5. The number of hydrogen-bond donors (Lipinski definition) is 1. The molecule has 0 saturated heterocycles. The Morgan fingerprint density at radius 1 is 1.18 bits per heavy atom. The van der Waals surface area contributed by atoms with E-state index in [1.165, 1.54) is 34.6 Å². The van der Waals surface area contributed by atoms with Crippen molar-refractivity contribution in [3.63, 3.8) is 0 Å². The van der Waals surface area contributed by atoms with Crippen LogP contribution in [0.5, 0.6) is 0 Å². The zero-order chi connectivity index (χ0) is 24.3. The van der Waals surface area contributed by atoms with Crippen molar-refractivity contribution in [2.75, 3.05) is 13.1 Å². The molecule has 3 rings (SSSR count). The number of carbonyl (C=O) groups is 1. The highest BCUT2D eigenvalue weighted by Gasteiger charge is 2.27. The van der Waals surface area contributed by atoms with Gasteiger partial charge >= 0.3 is 0 Å². The average Bonchev–Trinajstić information content (AvgIpc) is 3.15. The Morgan fingerprint density at radius 2 is 1.82 bits per heavy atom. The van der Waals surface area contributed by atoms with E-state index in [1.54, 1.807) is 39.8 Å². The number of benzene rings is 2. The molecule has 1 heterocycles. The maximum atomic E-state index is 14.4. The number of halogens is 2. The Morgan fingerprint density at radius 3 is 2.39 bits per heavy atom. The Labute approximate surface area is 197 Å². The first kappa shape index (κ1) is 24.9. The third-order valence-corrected chi connectivity index (χ3v) is 7.74. The van der Waals surface area contributed by atoms with Crippen molar-refractivity contribution in [1.29, 1.82) is 0 Å². The molecule has 0 fully saturated rings. The first-order valence-electron chi connectivity index (χ1n) is 10.4. The van der Waals surface area contributed by atoms with E-state index in [0.717, 1.165) is 0 Å². The first-order chi connectivity index (χ1) is 15.6. The van der Waals surface area contributed by atoms with Crippen LogP contribution in [-0.2, 0) is 10.0 Å². The molecule has 1 unspecified atom stereocenters. The molecule has 1 N–H and O–H groups in total. The van der Waals surface area contributed by atoms with Crippen molar-refractivity contribution in [2.45, 2.75) is 38.6 Å². The van der Waals surface area contributed by atoms with Gasteiger partial charge in [-0.3, -0.25) is 4.79 Å². The van der Waals surface area contributed by atoms with Gasteiger partial charge in [0.2, 0.25) is 10.0 Å². The molecule has 2 aromatic carbocycles. The van der Waals surface area contributed by atoms with Gasteiger partial charge in [-0.05, 0) is 43.7 Å². The van der Waals surface area contributed by atoms with Crippen LogP contribution in [0.15, 0.2) is 51.9 Å². The molecule has 1 aromatic heterocycles. The fourth-order valence-corrected chi connectivity index (χ4v) is 5.24. The molecule has 0 aliphatic carbocycles. The van der Waals surface area contributed by atoms with E-state index in [1.807, 2.05) is 0 Å². The summed E-state index contributed by atoms with van der Waals surface area (Å²) >= 11 is 6.14. The van der Waals surface area contributed by atoms with Gasteiger partial charge in [-0.25, -0.2) is 12.8 Å². The normalized spacial score (nSPS) is 12.7. The molecule has 0 bridgehead atoms. The van der Waals surface area contributed by atoms with Crippen molar-refractivity contribution in [3.05, 3.63) is 70.2 Å². The van der Waals surface area contributed by atoms with Crippen LogP contribution >= 0.6 is 11.6 Å². The third-order valence-electron chi connectivity index (χ3n) is 5.36. The number of rotatable bonds is 8. The number of amides is 1. The second kappa shape index (κ2) is 10.0. The monoisotopic (exact) mass is 493 g/mol. The zero-order valence-electron chi connectivity index (χ0n) is 18.7. The molecule has 33 heavy (non-hydrogen) atoms. The number of aromatic nitrogens is 1. The molecule has 7 nitrogen and oxygen atoms in total. The lowest BCUT2D eigenvalue weighted by Crippen LogP contribution is -2.30. The summed E-state index contributed by atoms with van der Waals surface area (Å²) in [6, 6.07) is 10.0. The summed E-state index contributed by atoms with van der Waals surface area (Å²) < 4.78 is 46.3. The Bertz CT molecular complexity index is 1230. The largest absolute Gasteiger partial charge is 0.360 e. The Kier molecular flexibility index (Phi) is 7.56. The standard InChI is InChI=1S/C23H25ClFN3O4S/c1-5-28(6-2)33(30,31)17-12-10-16(11-13-17)14(3)26-23(29)20-15(4)32-27-22(20)21-18(24)8-7-9-19(21)25/h7-14H,5-6H2,1-4H3,(H,26,29). The van der Waals surface area contributed by atoms with E-state index >= 15 is 0 Å². The van der Waals surface area contributed by atoms with Gasteiger partial charge in [0.1, 0.15) is 22.8 Å². The number of nitrogens with zero attached hydrogens (tertiary/aromatic N) is 2. The highest BCUT2D eigenvalue weighted by Crippen LogP contribution is 2.33. The lowest BCUT2D eigenvalue weighted by atomic mass is 10.0. The minimum Gasteiger partial charge on any atom is -0.360 e. The van der Waals surface area contributed by atoms with E-state index in [9.17, 15) is 17.6 Å². The van der Waals surface area contributed by atoms with Gasteiger partial charge in [-0.15, -0.1) is 0 Å². The SMILES string of the molecule is CCN(CC)S(=O)(=O)c1ccc(C(C)NC(=O)c2c(-c3c(F)cccc3Cl)noc2C)cc1. The summed E-state index contributed by atoms with van der Waals surface area (Å²) in [4.78, 5) is 13.2. The lowest BCUT2D eigenvalue weighted by Gasteiger charge is -2.19. The molecule has 10 heteroatoms. The van der Waals surface area contributed by atoms with E-state index < -0.39 is 27.8 Å². The number of sulfonamides is 1. The predicted octanol–water partition coefficient (Wildman–Crippen LogP) is 4.96. The van der Waals surface area contributed by atoms with Gasteiger partial charge in [-0.1, -0.05) is 48.8 Å². The van der Waals surface area contributed by atoms with Crippen LogP contribution in [0.25, 0.3) is 11.3 Å². The number of hydrogen-bond acceptors (Lipinski definition) is 5. The molecule has 0 aliphatic heterocycles. The molecular formula is C23H25ClFN3O4S. The second-order valence-electron chi connectivity index (χ2n) is 7.41. The molecule has 0 aliphatic rings. The van der Waals surface area contributed by atoms with Crippen LogP contribution in [0.2, 0.25) is 5.02 Å². The van der Waals surface area contributed by atoms with Crippen LogP contribution < -0.4 is 5.32 Å². The van der Waals surface area contributed by atoms with E-state index in [4.69, 9.17) is 16.1 Å². The highest BCUT2D eigenvalue weighted by molar-refractivity contribution is 7.89. The van der Waals surface area contributed by atoms with Crippen molar-refractivity contribution >= 4 is 27.5 Å². The molecule has 0 saturated carbocycles. The lowest BCUT2D eigenvalue weighted by molar-refractivity contribution is 0.0939. The minimum atomic E-state index is -3.57. The molecule has 0 spiro atoms. The van der Waals surface area contributed by atoms with Crippen molar-refractivity contribution in [2.24, 2.45) is 0 Å². The predicted molar refractivity (Wildman–Crippen MR) is 124 cm³/mol. The summed E-state index contributed by atoms with van der Waals surface area (Å²) in [7, 11) is -3.57. The van der Waals surface area contributed by atoms with Crippen LogP contribution in [-0.4, -0.2) is 36.9 Å². The van der Waals surface area contributed by atoms with E-state index in [2.05, 4.69) is 10.5 Å². The summed E-state index contributed by atoms with van der Waals surface area (Å²) in [5, 5.41) is 6.78. The van der Waals surface area contributed by atoms with Crippen LogP contribution in [0.3, 0.4) is 0 Å². The van der Waals surface area contributed by atoms with Crippen molar-refractivity contribution in [1.82, 2.24) is 14.8 Å². The fraction of sp³-hybridized carbons (Fsp3) is 0.304. The zero-order valence-corrected chi connectivity index (χ0v) is 20.3. The number of nitrogens with one attached hydrogen (secondary N) is 1. The smallest absolute Gasteiger partial charge is 0.257 e. The van der Waals surface area contributed by atoms with Crippen LogP contribution in [0.4, 0.5) is 4.39 Å². The third kappa shape index (κ3) is 4.95. The summed E-state index contributed by atoms with van der Waals surface area (Å²) in [5.41, 5.74) is 0.775. The van der Waals surface area contributed by atoms with Gasteiger partial charge in [0.15, 0.2) is 0 Å².